The van der Waals surface area contributed by atoms with Gasteiger partial charge >= 0.3 is 0 Å². The molecule has 1 aromatic heterocycles. The van der Waals surface area contributed by atoms with Crippen LogP contribution < -0.4 is 10.6 Å². The molecule has 0 bridgehead atoms. The summed E-state index contributed by atoms with van der Waals surface area (Å²) in [5.74, 6) is 1.31. The van der Waals surface area contributed by atoms with Crippen molar-refractivity contribution in [3.8, 4) is 0 Å². The molecule has 0 aromatic carbocycles. The van der Waals surface area contributed by atoms with Crippen LogP contribution in [-0.4, -0.2) is 48.6 Å². The summed E-state index contributed by atoms with van der Waals surface area (Å²) >= 11 is 1.75. The third kappa shape index (κ3) is 8.64. The Balaban J connectivity index is 0.00000625. The zero-order chi connectivity index (χ0) is 18.7. The van der Waals surface area contributed by atoms with Gasteiger partial charge in [-0.2, -0.15) is 0 Å². The minimum atomic E-state index is 0. The maximum atomic E-state index is 4.44. The van der Waals surface area contributed by atoms with Crippen LogP contribution >= 0.6 is 35.3 Å². The normalized spacial score (nSPS) is 12.6. The highest BCUT2D eigenvalue weighted by Crippen LogP contribution is 2.13. The average molecular weight is 491 g/mol. The molecule has 7 heteroatoms. The molecule has 1 aromatic rings. The van der Waals surface area contributed by atoms with Gasteiger partial charge in [-0.15, -0.1) is 48.5 Å². The number of hydrogen-bond donors (Lipinski definition) is 2. The van der Waals surface area contributed by atoms with Crippen molar-refractivity contribution in [1.29, 1.82) is 0 Å². The molecule has 0 amide bonds. The molecular weight excluding hydrogens is 457 g/mol. The first-order valence-electron chi connectivity index (χ1n) is 8.89. The van der Waals surface area contributed by atoms with E-state index in [0.29, 0.717) is 18.5 Å². The molecule has 1 heterocycles. The summed E-state index contributed by atoms with van der Waals surface area (Å²) in [7, 11) is 1.80. The minimum Gasteiger partial charge on any atom is -0.355 e. The molecule has 0 aliphatic heterocycles. The largest absolute Gasteiger partial charge is 0.355 e. The molecule has 2 N–H and O–H groups in total. The van der Waals surface area contributed by atoms with Crippen LogP contribution in [0, 0.1) is 5.92 Å². The summed E-state index contributed by atoms with van der Waals surface area (Å²) in [6, 6.07) is 0.376. The minimum absolute atomic E-state index is 0. The Morgan fingerprint density at radius 2 is 1.96 bits per heavy atom. The van der Waals surface area contributed by atoms with Crippen molar-refractivity contribution < 1.29 is 0 Å². The van der Waals surface area contributed by atoms with E-state index in [1.165, 1.54) is 4.88 Å². The second-order valence-corrected chi connectivity index (χ2v) is 7.42. The molecule has 26 heavy (non-hydrogen) atoms. The van der Waals surface area contributed by atoms with Gasteiger partial charge in [0, 0.05) is 43.8 Å². The molecular formula is C19H34IN5S. The fraction of sp³-hybridized carbons (Fsp3) is 0.579. The number of aliphatic imine (C=N–C) groups is 1. The molecule has 0 saturated heterocycles. The van der Waals surface area contributed by atoms with Crippen LogP contribution in [0.3, 0.4) is 0 Å². The molecule has 0 aliphatic carbocycles. The number of nitrogens with one attached hydrogen (secondary N) is 2. The van der Waals surface area contributed by atoms with Gasteiger partial charge in [0.2, 0.25) is 0 Å². The Kier molecular flexibility index (Phi) is 13.7. The van der Waals surface area contributed by atoms with Gasteiger partial charge in [0.1, 0.15) is 5.01 Å². The van der Waals surface area contributed by atoms with E-state index in [-0.39, 0.29) is 24.0 Å². The number of hydrogen-bond acceptors (Lipinski definition) is 4. The summed E-state index contributed by atoms with van der Waals surface area (Å²) < 4.78 is 0. The van der Waals surface area contributed by atoms with Crippen LogP contribution in [0.2, 0.25) is 0 Å². The first-order valence-corrected chi connectivity index (χ1v) is 9.71. The van der Waals surface area contributed by atoms with E-state index in [1.807, 2.05) is 18.3 Å². The van der Waals surface area contributed by atoms with Crippen molar-refractivity contribution in [2.45, 2.75) is 39.8 Å². The number of aryl methyl sites for hydroxylation is 1. The molecule has 0 radical (unpaired) electrons. The van der Waals surface area contributed by atoms with Crippen molar-refractivity contribution in [2.75, 3.05) is 26.7 Å². The second-order valence-electron chi connectivity index (χ2n) is 6.22. The number of halogens is 1. The first kappa shape index (κ1) is 25.1. The SMILES string of the molecule is C=CCN(CC=C)C(CNC(=NC)NCc1ncc(CC)s1)C(C)C.I. The maximum absolute atomic E-state index is 4.44. The molecule has 1 rings (SSSR count). The van der Waals surface area contributed by atoms with Gasteiger partial charge in [0.15, 0.2) is 5.96 Å². The number of guanidine groups is 1. The molecule has 1 atom stereocenters. The highest BCUT2D eigenvalue weighted by molar-refractivity contribution is 14.0. The number of thiazole rings is 1. The standard InChI is InChI=1S/C19H33N5S.HI/c1-7-10-24(11-8-2)17(15(4)5)13-22-19(20-6)23-14-18-21-12-16(9-3)25-18;/h7-8,12,15,17H,1-2,9-11,13-14H2,3-6H3,(H2,20,22,23);1H. The van der Waals surface area contributed by atoms with Gasteiger partial charge in [-0.05, 0) is 12.3 Å². The molecule has 0 spiro atoms. The van der Waals surface area contributed by atoms with Crippen molar-refractivity contribution in [1.82, 2.24) is 20.5 Å². The van der Waals surface area contributed by atoms with Crippen LogP contribution in [0.5, 0.6) is 0 Å². The average Bonchev–Trinajstić information content (AvgIpc) is 3.06. The number of rotatable bonds is 11. The van der Waals surface area contributed by atoms with Gasteiger partial charge in [-0.3, -0.25) is 9.89 Å². The lowest BCUT2D eigenvalue weighted by atomic mass is 10.0. The topological polar surface area (TPSA) is 52.5 Å². The maximum Gasteiger partial charge on any atom is 0.191 e. The first-order chi connectivity index (χ1) is 12.0. The van der Waals surface area contributed by atoms with Crippen LogP contribution in [0.4, 0.5) is 0 Å². The predicted octanol–water partition coefficient (Wildman–Crippen LogP) is 3.69. The molecule has 0 fully saturated rings. The van der Waals surface area contributed by atoms with Gasteiger partial charge in [-0.25, -0.2) is 4.98 Å². The van der Waals surface area contributed by atoms with Crippen LogP contribution in [0.25, 0.3) is 0 Å². The van der Waals surface area contributed by atoms with Crippen LogP contribution in [0.1, 0.15) is 30.7 Å². The lowest BCUT2D eigenvalue weighted by Gasteiger charge is -2.33. The van der Waals surface area contributed by atoms with E-state index in [1.54, 1.807) is 18.4 Å². The lowest BCUT2D eigenvalue weighted by Crippen LogP contribution is -2.49. The van der Waals surface area contributed by atoms with Gasteiger partial charge in [0.05, 0.1) is 6.54 Å². The second kappa shape index (κ2) is 14.2. The van der Waals surface area contributed by atoms with E-state index in [4.69, 9.17) is 0 Å². The molecule has 1 unspecified atom stereocenters. The summed E-state index contributed by atoms with van der Waals surface area (Å²) in [6.07, 6.45) is 6.87. The summed E-state index contributed by atoms with van der Waals surface area (Å²) in [5.41, 5.74) is 0. The summed E-state index contributed by atoms with van der Waals surface area (Å²) in [4.78, 5) is 12.4. The summed E-state index contributed by atoms with van der Waals surface area (Å²) in [5, 5.41) is 7.88. The zero-order valence-corrected chi connectivity index (χ0v) is 19.6. The Morgan fingerprint density at radius 1 is 1.31 bits per heavy atom. The monoisotopic (exact) mass is 491 g/mol. The van der Waals surface area contributed by atoms with Crippen molar-refractivity contribution in [2.24, 2.45) is 10.9 Å². The van der Waals surface area contributed by atoms with E-state index in [0.717, 1.165) is 37.0 Å². The Labute approximate surface area is 180 Å². The van der Waals surface area contributed by atoms with E-state index < -0.39 is 0 Å². The third-order valence-electron chi connectivity index (χ3n) is 4.02. The van der Waals surface area contributed by atoms with E-state index in [2.05, 4.69) is 59.4 Å². The number of nitrogens with zero attached hydrogens (tertiary/aromatic N) is 3. The molecule has 148 valence electrons. The quantitative estimate of drug-likeness (QED) is 0.215. The highest BCUT2D eigenvalue weighted by Gasteiger charge is 2.20. The van der Waals surface area contributed by atoms with Crippen molar-refractivity contribution in [3.63, 3.8) is 0 Å². The molecule has 0 aliphatic rings. The van der Waals surface area contributed by atoms with Crippen molar-refractivity contribution in [3.05, 3.63) is 41.4 Å². The fourth-order valence-electron chi connectivity index (χ4n) is 2.64. The van der Waals surface area contributed by atoms with E-state index in [9.17, 15) is 0 Å². The molecule has 5 nitrogen and oxygen atoms in total. The Bertz CT molecular complexity index is 546. The van der Waals surface area contributed by atoms with Crippen molar-refractivity contribution >= 4 is 41.3 Å². The molecule has 0 saturated carbocycles. The predicted molar refractivity (Wildman–Crippen MR) is 126 cm³/mol. The number of aromatic nitrogens is 1. The van der Waals surface area contributed by atoms with Gasteiger partial charge in [-0.1, -0.05) is 32.9 Å². The van der Waals surface area contributed by atoms with E-state index >= 15 is 0 Å². The summed E-state index contributed by atoms with van der Waals surface area (Å²) in [6.45, 7) is 17.6. The third-order valence-corrected chi connectivity index (χ3v) is 5.17. The van der Waals surface area contributed by atoms with Gasteiger partial charge in [0.25, 0.3) is 0 Å². The Morgan fingerprint density at radius 3 is 2.42 bits per heavy atom. The smallest absolute Gasteiger partial charge is 0.191 e. The zero-order valence-electron chi connectivity index (χ0n) is 16.5. The highest BCUT2D eigenvalue weighted by atomic mass is 127. The Hall–Kier alpha value is -0.930. The van der Waals surface area contributed by atoms with Crippen LogP contribution in [0.15, 0.2) is 36.5 Å². The van der Waals surface area contributed by atoms with Crippen LogP contribution in [-0.2, 0) is 13.0 Å². The fourth-order valence-corrected chi connectivity index (χ4v) is 3.44. The lowest BCUT2D eigenvalue weighted by molar-refractivity contribution is 0.190. The van der Waals surface area contributed by atoms with Gasteiger partial charge < -0.3 is 10.6 Å².